The summed E-state index contributed by atoms with van der Waals surface area (Å²) in [5.74, 6) is 1.73. The molecule has 0 aliphatic heterocycles. The highest BCUT2D eigenvalue weighted by Gasteiger charge is 2.21. The number of ether oxygens (including phenoxy) is 1. The summed E-state index contributed by atoms with van der Waals surface area (Å²) in [6.45, 7) is 5.77. The van der Waals surface area contributed by atoms with Crippen LogP contribution in [0.15, 0.2) is 4.99 Å². The van der Waals surface area contributed by atoms with Crippen molar-refractivity contribution >= 4 is 11.9 Å². The molecule has 0 aromatic heterocycles. The molecule has 1 N–H and O–H groups in total. The van der Waals surface area contributed by atoms with E-state index in [1.165, 1.54) is 12.8 Å². The van der Waals surface area contributed by atoms with Gasteiger partial charge in [0, 0.05) is 47.3 Å². The molecule has 0 spiro atoms. The average Bonchev–Trinajstić information content (AvgIpc) is 3.26. The average molecular weight is 298 g/mol. The number of rotatable bonds is 9. The number of amides is 1. The summed E-state index contributed by atoms with van der Waals surface area (Å²) in [5, 5.41) is 3.24. The van der Waals surface area contributed by atoms with E-state index in [2.05, 4.69) is 15.2 Å². The van der Waals surface area contributed by atoms with Gasteiger partial charge in [-0.2, -0.15) is 0 Å². The Bertz CT molecular complexity index is 341. The van der Waals surface area contributed by atoms with Crippen LogP contribution in [-0.4, -0.2) is 75.7 Å². The van der Waals surface area contributed by atoms with E-state index in [0.717, 1.165) is 31.6 Å². The number of nitrogens with zero attached hydrogens (tertiary/aromatic N) is 3. The van der Waals surface area contributed by atoms with Crippen molar-refractivity contribution in [2.45, 2.75) is 26.2 Å². The molecule has 1 saturated carbocycles. The summed E-state index contributed by atoms with van der Waals surface area (Å²) >= 11 is 0. The Morgan fingerprint density at radius 2 is 2.05 bits per heavy atom. The van der Waals surface area contributed by atoms with Crippen LogP contribution in [0.3, 0.4) is 0 Å². The highest BCUT2D eigenvalue weighted by atomic mass is 16.5. The van der Waals surface area contributed by atoms with Crippen LogP contribution in [0.25, 0.3) is 0 Å². The quantitative estimate of drug-likeness (QED) is 0.388. The molecule has 1 fully saturated rings. The van der Waals surface area contributed by atoms with E-state index in [1.807, 2.05) is 14.0 Å². The number of nitrogens with one attached hydrogen (secondary N) is 1. The van der Waals surface area contributed by atoms with Gasteiger partial charge in [0.05, 0.1) is 13.2 Å². The van der Waals surface area contributed by atoms with Gasteiger partial charge in [0.25, 0.3) is 0 Å². The summed E-state index contributed by atoms with van der Waals surface area (Å²) in [4.78, 5) is 19.7. The topological polar surface area (TPSA) is 57.2 Å². The van der Waals surface area contributed by atoms with E-state index in [1.54, 1.807) is 19.0 Å². The molecule has 1 aliphatic rings. The zero-order chi connectivity index (χ0) is 15.7. The van der Waals surface area contributed by atoms with E-state index in [9.17, 15) is 4.79 Å². The predicted octanol–water partition coefficient (Wildman–Crippen LogP) is 0.789. The zero-order valence-electron chi connectivity index (χ0n) is 13.9. The van der Waals surface area contributed by atoms with Crippen molar-refractivity contribution in [1.82, 2.24) is 15.1 Å². The van der Waals surface area contributed by atoms with Gasteiger partial charge < -0.3 is 19.9 Å². The molecule has 6 nitrogen and oxygen atoms in total. The van der Waals surface area contributed by atoms with Crippen LogP contribution in [0.4, 0.5) is 0 Å². The standard InChI is InChI=1S/C15H30N4O2/c1-5-16-15(17-9-8-14(20)18(2)3)19(4)10-11-21-12-13-6-7-13/h13H,5-12H2,1-4H3,(H,16,17). The maximum Gasteiger partial charge on any atom is 0.223 e. The highest BCUT2D eigenvalue weighted by Crippen LogP contribution is 2.28. The van der Waals surface area contributed by atoms with Gasteiger partial charge in [0.1, 0.15) is 0 Å². The SMILES string of the molecule is CCNC(=NCCC(=O)N(C)C)N(C)CCOCC1CC1. The van der Waals surface area contributed by atoms with Gasteiger partial charge in [-0.25, -0.2) is 0 Å². The summed E-state index contributed by atoms with van der Waals surface area (Å²) in [7, 11) is 5.52. The smallest absolute Gasteiger partial charge is 0.223 e. The number of carbonyl (C=O) groups excluding carboxylic acids is 1. The molecule has 21 heavy (non-hydrogen) atoms. The van der Waals surface area contributed by atoms with Crippen molar-refractivity contribution < 1.29 is 9.53 Å². The van der Waals surface area contributed by atoms with Crippen molar-refractivity contribution in [1.29, 1.82) is 0 Å². The molecule has 6 heteroatoms. The lowest BCUT2D eigenvalue weighted by Crippen LogP contribution is -2.40. The molecule has 1 amide bonds. The van der Waals surface area contributed by atoms with Crippen molar-refractivity contribution in [3.63, 3.8) is 0 Å². The first-order valence-corrected chi connectivity index (χ1v) is 7.82. The lowest BCUT2D eigenvalue weighted by molar-refractivity contribution is -0.128. The Morgan fingerprint density at radius 1 is 1.33 bits per heavy atom. The van der Waals surface area contributed by atoms with Crippen LogP contribution in [0.1, 0.15) is 26.2 Å². The van der Waals surface area contributed by atoms with Crippen LogP contribution < -0.4 is 5.32 Å². The van der Waals surface area contributed by atoms with Gasteiger partial charge in [-0.1, -0.05) is 0 Å². The second-order valence-corrected chi connectivity index (χ2v) is 5.71. The Morgan fingerprint density at radius 3 is 2.62 bits per heavy atom. The van der Waals surface area contributed by atoms with Gasteiger partial charge >= 0.3 is 0 Å². The zero-order valence-corrected chi connectivity index (χ0v) is 13.9. The van der Waals surface area contributed by atoms with Crippen LogP contribution in [-0.2, 0) is 9.53 Å². The number of aliphatic imine (C=N–C) groups is 1. The molecule has 0 saturated heterocycles. The molecule has 0 aromatic carbocycles. The largest absolute Gasteiger partial charge is 0.379 e. The molecule has 122 valence electrons. The molecule has 0 radical (unpaired) electrons. The molecule has 1 aliphatic carbocycles. The summed E-state index contributed by atoms with van der Waals surface area (Å²) < 4.78 is 5.65. The van der Waals surface area contributed by atoms with E-state index >= 15 is 0 Å². The molecule has 0 heterocycles. The van der Waals surface area contributed by atoms with E-state index in [-0.39, 0.29) is 5.91 Å². The fourth-order valence-corrected chi connectivity index (χ4v) is 1.79. The summed E-state index contributed by atoms with van der Waals surface area (Å²) in [6.07, 6.45) is 3.08. The van der Waals surface area contributed by atoms with Crippen molar-refractivity contribution in [2.75, 3.05) is 54.0 Å². The predicted molar refractivity (Wildman–Crippen MR) is 85.5 cm³/mol. The number of hydrogen-bond acceptors (Lipinski definition) is 3. The maximum absolute atomic E-state index is 11.5. The minimum atomic E-state index is 0.102. The molecule has 0 aromatic rings. The lowest BCUT2D eigenvalue weighted by Gasteiger charge is -2.22. The first-order chi connectivity index (χ1) is 10.0. The number of carbonyl (C=O) groups is 1. The van der Waals surface area contributed by atoms with Crippen molar-refractivity contribution in [2.24, 2.45) is 10.9 Å². The van der Waals surface area contributed by atoms with E-state index in [0.29, 0.717) is 19.6 Å². The molecular formula is C15H30N4O2. The van der Waals surface area contributed by atoms with Crippen LogP contribution >= 0.6 is 0 Å². The highest BCUT2D eigenvalue weighted by molar-refractivity contribution is 5.80. The third-order valence-corrected chi connectivity index (χ3v) is 3.40. The van der Waals surface area contributed by atoms with Gasteiger partial charge in [-0.15, -0.1) is 0 Å². The minimum absolute atomic E-state index is 0.102. The maximum atomic E-state index is 11.5. The molecule has 0 unspecified atom stereocenters. The van der Waals surface area contributed by atoms with Crippen LogP contribution in [0.2, 0.25) is 0 Å². The number of likely N-dealkylation sites (N-methyl/N-ethyl adjacent to an activating group) is 1. The fourth-order valence-electron chi connectivity index (χ4n) is 1.79. The Hall–Kier alpha value is -1.30. The molecule has 0 bridgehead atoms. The Labute approximate surface area is 128 Å². The van der Waals surface area contributed by atoms with Gasteiger partial charge in [0.15, 0.2) is 5.96 Å². The second kappa shape index (κ2) is 9.60. The molecule has 0 atom stereocenters. The van der Waals surface area contributed by atoms with Crippen molar-refractivity contribution in [3.8, 4) is 0 Å². The first-order valence-electron chi connectivity index (χ1n) is 7.82. The minimum Gasteiger partial charge on any atom is -0.379 e. The Kier molecular flexibility index (Phi) is 8.12. The summed E-state index contributed by atoms with van der Waals surface area (Å²) in [6, 6.07) is 0. The second-order valence-electron chi connectivity index (χ2n) is 5.71. The van der Waals surface area contributed by atoms with Crippen LogP contribution in [0.5, 0.6) is 0 Å². The number of guanidine groups is 1. The van der Waals surface area contributed by atoms with E-state index in [4.69, 9.17) is 4.74 Å². The Balaban J connectivity index is 2.28. The van der Waals surface area contributed by atoms with Crippen LogP contribution in [0, 0.1) is 5.92 Å². The van der Waals surface area contributed by atoms with Gasteiger partial charge in [-0.3, -0.25) is 9.79 Å². The molecular weight excluding hydrogens is 268 g/mol. The monoisotopic (exact) mass is 298 g/mol. The van der Waals surface area contributed by atoms with Crippen molar-refractivity contribution in [3.05, 3.63) is 0 Å². The third kappa shape index (κ3) is 7.90. The normalized spacial score (nSPS) is 15.0. The summed E-state index contributed by atoms with van der Waals surface area (Å²) in [5.41, 5.74) is 0. The third-order valence-electron chi connectivity index (χ3n) is 3.40. The lowest BCUT2D eigenvalue weighted by atomic mass is 10.4. The van der Waals surface area contributed by atoms with E-state index < -0.39 is 0 Å². The number of hydrogen-bond donors (Lipinski definition) is 1. The molecule has 1 rings (SSSR count). The fraction of sp³-hybridized carbons (Fsp3) is 0.867. The first kappa shape index (κ1) is 17.8. The van der Waals surface area contributed by atoms with Gasteiger partial charge in [0.2, 0.25) is 5.91 Å². The van der Waals surface area contributed by atoms with Gasteiger partial charge in [-0.05, 0) is 25.7 Å².